The minimum atomic E-state index is -0.253. The minimum absolute atomic E-state index is 0.0231. The highest BCUT2D eigenvalue weighted by Gasteiger charge is 2.14. The fourth-order valence-electron chi connectivity index (χ4n) is 2.25. The molecule has 116 valence electrons. The van der Waals surface area contributed by atoms with Crippen molar-refractivity contribution in [3.63, 3.8) is 0 Å². The molecule has 0 saturated heterocycles. The SMILES string of the molecule is Cc1nc(C)c(CC(=O)N[C@H](C)c2ccc(Br)cc2)c(=O)[nH]1. The average Bonchev–Trinajstić information content (AvgIpc) is 2.43. The number of aromatic amines is 1. The van der Waals surface area contributed by atoms with Gasteiger partial charge in [-0.15, -0.1) is 0 Å². The van der Waals surface area contributed by atoms with Crippen molar-refractivity contribution in [1.82, 2.24) is 15.3 Å². The highest BCUT2D eigenvalue weighted by atomic mass is 79.9. The summed E-state index contributed by atoms with van der Waals surface area (Å²) in [5.74, 6) is 0.351. The average molecular weight is 364 g/mol. The van der Waals surface area contributed by atoms with E-state index in [1.165, 1.54) is 0 Å². The number of rotatable bonds is 4. The first-order valence-corrected chi connectivity index (χ1v) is 7.77. The number of carbonyl (C=O) groups excluding carboxylic acids is 1. The van der Waals surface area contributed by atoms with E-state index in [0.717, 1.165) is 10.0 Å². The molecule has 2 N–H and O–H groups in total. The quantitative estimate of drug-likeness (QED) is 0.876. The van der Waals surface area contributed by atoms with E-state index >= 15 is 0 Å². The molecule has 0 saturated carbocycles. The maximum Gasteiger partial charge on any atom is 0.254 e. The van der Waals surface area contributed by atoms with Crippen LogP contribution < -0.4 is 10.9 Å². The number of H-pyrrole nitrogens is 1. The topological polar surface area (TPSA) is 74.8 Å². The van der Waals surface area contributed by atoms with Crippen LogP contribution in [-0.2, 0) is 11.2 Å². The van der Waals surface area contributed by atoms with Gasteiger partial charge in [-0.3, -0.25) is 9.59 Å². The van der Waals surface area contributed by atoms with Crippen LogP contribution in [-0.4, -0.2) is 15.9 Å². The van der Waals surface area contributed by atoms with E-state index in [0.29, 0.717) is 17.1 Å². The molecular weight excluding hydrogens is 346 g/mol. The van der Waals surface area contributed by atoms with Crippen molar-refractivity contribution in [1.29, 1.82) is 0 Å². The Kier molecular flexibility index (Phi) is 5.13. The number of aryl methyl sites for hydroxylation is 2. The lowest BCUT2D eigenvalue weighted by Crippen LogP contribution is -2.31. The Morgan fingerprint density at radius 1 is 1.32 bits per heavy atom. The molecule has 0 aliphatic rings. The number of halogens is 1. The van der Waals surface area contributed by atoms with Crippen LogP contribution in [0.15, 0.2) is 33.5 Å². The van der Waals surface area contributed by atoms with Gasteiger partial charge < -0.3 is 10.3 Å². The summed E-state index contributed by atoms with van der Waals surface area (Å²) in [5.41, 5.74) is 1.75. The number of aromatic nitrogens is 2. The molecule has 0 spiro atoms. The molecule has 22 heavy (non-hydrogen) atoms. The van der Waals surface area contributed by atoms with Gasteiger partial charge in [0, 0.05) is 15.7 Å². The van der Waals surface area contributed by atoms with E-state index in [2.05, 4.69) is 31.2 Å². The molecule has 0 radical (unpaired) electrons. The van der Waals surface area contributed by atoms with Crippen molar-refractivity contribution < 1.29 is 4.79 Å². The summed E-state index contributed by atoms with van der Waals surface area (Å²) in [6.45, 7) is 5.36. The van der Waals surface area contributed by atoms with Gasteiger partial charge in [-0.1, -0.05) is 28.1 Å². The molecule has 0 unspecified atom stereocenters. The lowest BCUT2D eigenvalue weighted by Gasteiger charge is -2.14. The number of amides is 1. The number of nitrogens with one attached hydrogen (secondary N) is 2. The van der Waals surface area contributed by atoms with Gasteiger partial charge in [-0.25, -0.2) is 4.98 Å². The van der Waals surface area contributed by atoms with E-state index < -0.39 is 0 Å². The Morgan fingerprint density at radius 3 is 2.55 bits per heavy atom. The molecular formula is C16H18BrN3O2. The van der Waals surface area contributed by atoms with Gasteiger partial charge in [0.1, 0.15) is 5.82 Å². The van der Waals surface area contributed by atoms with E-state index in [4.69, 9.17) is 0 Å². The number of benzene rings is 1. The van der Waals surface area contributed by atoms with Crippen LogP contribution in [0.25, 0.3) is 0 Å². The van der Waals surface area contributed by atoms with Gasteiger partial charge in [0.05, 0.1) is 12.5 Å². The summed E-state index contributed by atoms with van der Waals surface area (Å²) >= 11 is 3.38. The van der Waals surface area contributed by atoms with Crippen molar-refractivity contribution in [2.75, 3.05) is 0 Å². The molecule has 1 amide bonds. The van der Waals surface area contributed by atoms with Crippen LogP contribution in [0.3, 0.4) is 0 Å². The first kappa shape index (κ1) is 16.4. The molecule has 1 aromatic heterocycles. The highest BCUT2D eigenvalue weighted by molar-refractivity contribution is 9.10. The number of nitrogens with zero attached hydrogens (tertiary/aromatic N) is 1. The Balaban J connectivity index is 2.07. The van der Waals surface area contributed by atoms with Crippen molar-refractivity contribution in [2.24, 2.45) is 0 Å². The van der Waals surface area contributed by atoms with Crippen molar-refractivity contribution >= 4 is 21.8 Å². The molecule has 1 aromatic carbocycles. The van der Waals surface area contributed by atoms with E-state index in [-0.39, 0.29) is 23.9 Å². The monoisotopic (exact) mass is 363 g/mol. The van der Waals surface area contributed by atoms with Crippen LogP contribution in [0, 0.1) is 13.8 Å². The zero-order chi connectivity index (χ0) is 16.3. The largest absolute Gasteiger partial charge is 0.349 e. The zero-order valence-electron chi connectivity index (χ0n) is 12.7. The standard InChI is InChI=1S/C16H18BrN3O2/c1-9(12-4-6-13(17)7-5-12)19-15(21)8-14-10(2)18-11(3)20-16(14)22/h4-7,9H,8H2,1-3H3,(H,19,21)(H,18,20,22)/t9-/m1/s1. The van der Waals surface area contributed by atoms with Crippen LogP contribution in [0.1, 0.15) is 35.6 Å². The number of hydrogen-bond donors (Lipinski definition) is 2. The maximum atomic E-state index is 12.2. The van der Waals surface area contributed by atoms with E-state index in [9.17, 15) is 9.59 Å². The Morgan fingerprint density at radius 2 is 1.95 bits per heavy atom. The van der Waals surface area contributed by atoms with Crippen LogP contribution >= 0.6 is 15.9 Å². The first-order chi connectivity index (χ1) is 10.4. The third-order valence-electron chi connectivity index (χ3n) is 3.43. The summed E-state index contributed by atoms with van der Waals surface area (Å²) in [6.07, 6.45) is 0.0231. The molecule has 6 heteroatoms. The molecule has 0 fully saturated rings. The highest BCUT2D eigenvalue weighted by Crippen LogP contribution is 2.16. The number of carbonyl (C=O) groups is 1. The summed E-state index contributed by atoms with van der Waals surface area (Å²) in [5, 5.41) is 2.90. The van der Waals surface area contributed by atoms with Crippen molar-refractivity contribution in [2.45, 2.75) is 33.2 Å². The lowest BCUT2D eigenvalue weighted by molar-refractivity contribution is -0.121. The fraction of sp³-hybridized carbons (Fsp3) is 0.312. The second-order valence-electron chi connectivity index (χ2n) is 5.23. The summed E-state index contributed by atoms with van der Waals surface area (Å²) in [7, 11) is 0. The van der Waals surface area contributed by atoms with Crippen LogP contribution in [0.4, 0.5) is 0 Å². The Bertz CT molecular complexity index is 738. The second kappa shape index (κ2) is 6.87. The molecule has 2 aromatic rings. The first-order valence-electron chi connectivity index (χ1n) is 6.98. The van der Waals surface area contributed by atoms with Gasteiger partial charge in [-0.05, 0) is 38.5 Å². The van der Waals surface area contributed by atoms with Gasteiger partial charge >= 0.3 is 0 Å². The van der Waals surface area contributed by atoms with Gasteiger partial charge in [-0.2, -0.15) is 0 Å². The van der Waals surface area contributed by atoms with Crippen LogP contribution in [0.2, 0.25) is 0 Å². The predicted molar refractivity (Wildman–Crippen MR) is 88.7 cm³/mol. The smallest absolute Gasteiger partial charge is 0.254 e. The Hall–Kier alpha value is -1.95. The summed E-state index contributed by atoms with van der Waals surface area (Å²) < 4.78 is 0.989. The number of hydrogen-bond acceptors (Lipinski definition) is 3. The maximum absolute atomic E-state index is 12.2. The molecule has 2 rings (SSSR count). The second-order valence-corrected chi connectivity index (χ2v) is 6.15. The minimum Gasteiger partial charge on any atom is -0.349 e. The normalized spacial score (nSPS) is 12.0. The third-order valence-corrected chi connectivity index (χ3v) is 3.95. The van der Waals surface area contributed by atoms with E-state index in [1.54, 1.807) is 13.8 Å². The molecule has 0 aliphatic heterocycles. The third kappa shape index (κ3) is 4.04. The predicted octanol–water partition coefficient (Wildman–Crippen LogP) is 2.57. The van der Waals surface area contributed by atoms with Gasteiger partial charge in [0.15, 0.2) is 0 Å². The van der Waals surface area contributed by atoms with Crippen LogP contribution in [0.5, 0.6) is 0 Å². The molecule has 1 heterocycles. The van der Waals surface area contributed by atoms with Gasteiger partial charge in [0.2, 0.25) is 5.91 Å². The van der Waals surface area contributed by atoms with Gasteiger partial charge in [0.25, 0.3) is 5.56 Å². The fourth-order valence-corrected chi connectivity index (χ4v) is 2.51. The van der Waals surface area contributed by atoms with Crippen molar-refractivity contribution in [3.8, 4) is 0 Å². The molecule has 0 aliphatic carbocycles. The molecule has 1 atom stereocenters. The molecule has 5 nitrogen and oxygen atoms in total. The molecule has 0 bridgehead atoms. The van der Waals surface area contributed by atoms with E-state index in [1.807, 2.05) is 31.2 Å². The Labute approximate surface area is 137 Å². The summed E-state index contributed by atoms with van der Waals surface area (Å²) in [4.78, 5) is 30.9. The zero-order valence-corrected chi connectivity index (χ0v) is 14.3. The van der Waals surface area contributed by atoms with Crippen molar-refractivity contribution in [3.05, 3.63) is 61.7 Å². The lowest BCUT2D eigenvalue weighted by atomic mass is 10.1. The summed E-state index contributed by atoms with van der Waals surface area (Å²) in [6, 6.07) is 7.62.